The molecule has 2 aromatic carbocycles. The molecule has 10 heteroatoms. The van der Waals surface area contributed by atoms with Crippen molar-refractivity contribution in [1.29, 1.82) is 0 Å². The topological polar surface area (TPSA) is 103 Å². The minimum absolute atomic E-state index is 0.240. The number of hydrogen-bond donors (Lipinski definition) is 1. The van der Waals surface area contributed by atoms with Crippen molar-refractivity contribution >= 4 is 45.9 Å². The Hall–Kier alpha value is -3.37. The Bertz CT molecular complexity index is 1240. The number of anilines is 2. The molecule has 1 amide bonds. The van der Waals surface area contributed by atoms with E-state index in [0.717, 1.165) is 30.5 Å². The van der Waals surface area contributed by atoms with Gasteiger partial charge in [-0.25, -0.2) is 4.98 Å². The predicted octanol–water partition coefficient (Wildman–Crippen LogP) is 2.53. The number of nitrogens with one attached hydrogen (secondary N) is 1. The fourth-order valence-corrected chi connectivity index (χ4v) is 4.51. The Balaban J connectivity index is 1.50. The average molecular weight is 483 g/mol. The first-order valence-corrected chi connectivity index (χ1v) is 11.8. The van der Waals surface area contributed by atoms with Crippen LogP contribution in [0.4, 0.5) is 11.4 Å². The number of amides is 1. The summed E-state index contributed by atoms with van der Waals surface area (Å²) in [4.78, 5) is 44.6. The van der Waals surface area contributed by atoms with Gasteiger partial charge >= 0.3 is 5.97 Å². The number of hydrogen-bond acceptors (Lipinski definition) is 8. The second-order valence-corrected chi connectivity index (χ2v) is 9.08. The summed E-state index contributed by atoms with van der Waals surface area (Å²) in [5, 5.41) is 3.01. The number of ether oxygens (including phenoxy) is 2. The summed E-state index contributed by atoms with van der Waals surface area (Å²) >= 11 is 1.11. The molecule has 2 heterocycles. The monoisotopic (exact) mass is 482 g/mol. The minimum Gasteiger partial charge on any atom is -0.468 e. The van der Waals surface area contributed by atoms with Crippen molar-refractivity contribution < 1.29 is 19.1 Å². The van der Waals surface area contributed by atoms with Gasteiger partial charge in [-0.3, -0.25) is 19.0 Å². The zero-order chi connectivity index (χ0) is 24.1. The molecule has 4 rings (SSSR count). The Labute approximate surface area is 201 Å². The molecule has 0 radical (unpaired) electrons. The van der Waals surface area contributed by atoms with Crippen LogP contribution in [-0.2, 0) is 25.6 Å². The van der Waals surface area contributed by atoms with Gasteiger partial charge in [0, 0.05) is 24.5 Å². The van der Waals surface area contributed by atoms with Crippen LogP contribution in [0.25, 0.3) is 10.9 Å². The maximum absolute atomic E-state index is 13.0. The van der Waals surface area contributed by atoms with E-state index >= 15 is 0 Å². The van der Waals surface area contributed by atoms with Crippen molar-refractivity contribution in [3.8, 4) is 0 Å². The van der Waals surface area contributed by atoms with Gasteiger partial charge in [0.25, 0.3) is 5.56 Å². The molecule has 1 unspecified atom stereocenters. The molecule has 1 saturated heterocycles. The van der Waals surface area contributed by atoms with Crippen LogP contribution in [0.2, 0.25) is 0 Å². The Morgan fingerprint density at radius 2 is 1.85 bits per heavy atom. The van der Waals surface area contributed by atoms with E-state index in [1.807, 2.05) is 24.3 Å². The van der Waals surface area contributed by atoms with Crippen LogP contribution >= 0.6 is 11.8 Å². The fraction of sp³-hybridized carbons (Fsp3) is 0.333. The van der Waals surface area contributed by atoms with E-state index in [1.54, 1.807) is 31.2 Å². The normalized spacial score (nSPS) is 14.6. The predicted molar refractivity (Wildman–Crippen MR) is 131 cm³/mol. The van der Waals surface area contributed by atoms with E-state index in [2.05, 4.69) is 15.2 Å². The molecule has 0 bridgehead atoms. The highest BCUT2D eigenvalue weighted by atomic mass is 32.2. The smallest absolute Gasteiger partial charge is 0.325 e. The molecular weight excluding hydrogens is 456 g/mol. The van der Waals surface area contributed by atoms with Crippen molar-refractivity contribution in [2.45, 2.75) is 23.9 Å². The highest BCUT2D eigenvalue weighted by Gasteiger charge is 2.21. The van der Waals surface area contributed by atoms with Gasteiger partial charge in [-0.05, 0) is 43.3 Å². The Morgan fingerprint density at radius 1 is 1.15 bits per heavy atom. The molecule has 1 aliphatic rings. The second kappa shape index (κ2) is 10.7. The number of carbonyl (C=O) groups excluding carboxylic acids is 2. The molecule has 1 aromatic heterocycles. The highest BCUT2D eigenvalue weighted by Crippen LogP contribution is 2.25. The molecule has 0 saturated carbocycles. The SMILES string of the molecule is COC(=O)Cn1c(SC(C)C(=O)Nc2ccc(N3CCOCC3)cc2)nc2ccccc2c1=O. The largest absolute Gasteiger partial charge is 0.468 e. The molecule has 1 aliphatic heterocycles. The fourth-order valence-electron chi connectivity index (χ4n) is 3.60. The maximum atomic E-state index is 13.0. The van der Waals surface area contributed by atoms with Crippen molar-refractivity contribution in [2.75, 3.05) is 43.6 Å². The third kappa shape index (κ3) is 5.40. The zero-order valence-electron chi connectivity index (χ0n) is 19.0. The Kier molecular flexibility index (Phi) is 7.49. The quantitative estimate of drug-likeness (QED) is 0.311. The number of thioether (sulfide) groups is 1. The van der Waals surface area contributed by atoms with Crippen LogP contribution in [0.3, 0.4) is 0 Å². The summed E-state index contributed by atoms with van der Waals surface area (Å²) < 4.78 is 11.4. The average Bonchev–Trinajstić information content (AvgIpc) is 2.87. The molecule has 178 valence electrons. The van der Waals surface area contributed by atoms with Gasteiger partial charge in [-0.2, -0.15) is 0 Å². The van der Waals surface area contributed by atoms with Crippen LogP contribution in [-0.4, -0.2) is 60.1 Å². The molecule has 0 spiro atoms. The van der Waals surface area contributed by atoms with E-state index < -0.39 is 11.2 Å². The van der Waals surface area contributed by atoms with E-state index in [4.69, 9.17) is 9.47 Å². The molecule has 1 N–H and O–H groups in total. The second-order valence-electron chi connectivity index (χ2n) is 7.77. The van der Waals surface area contributed by atoms with Gasteiger partial charge in [0.2, 0.25) is 5.91 Å². The molecule has 1 fully saturated rings. The van der Waals surface area contributed by atoms with Crippen LogP contribution in [0, 0.1) is 0 Å². The van der Waals surface area contributed by atoms with Gasteiger partial charge in [-0.1, -0.05) is 23.9 Å². The summed E-state index contributed by atoms with van der Waals surface area (Å²) in [6, 6.07) is 14.6. The Morgan fingerprint density at radius 3 is 2.56 bits per heavy atom. The molecule has 1 atom stereocenters. The first-order chi connectivity index (χ1) is 16.5. The van der Waals surface area contributed by atoms with Crippen molar-refractivity contribution in [3.63, 3.8) is 0 Å². The third-order valence-corrected chi connectivity index (χ3v) is 6.59. The first-order valence-electron chi connectivity index (χ1n) is 10.9. The lowest BCUT2D eigenvalue weighted by atomic mass is 10.2. The number of benzene rings is 2. The summed E-state index contributed by atoms with van der Waals surface area (Å²) in [7, 11) is 1.26. The minimum atomic E-state index is -0.573. The van der Waals surface area contributed by atoms with Gasteiger partial charge in [-0.15, -0.1) is 0 Å². The number of esters is 1. The lowest BCUT2D eigenvalue weighted by Gasteiger charge is -2.28. The van der Waals surface area contributed by atoms with E-state index in [1.165, 1.54) is 11.7 Å². The maximum Gasteiger partial charge on any atom is 0.325 e. The first kappa shape index (κ1) is 23.8. The lowest BCUT2D eigenvalue weighted by molar-refractivity contribution is -0.141. The highest BCUT2D eigenvalue weighted by molar-refractivity contribution is 8.00. The number of para-hydroxylation sites is 1. The molecule has 9 nitrogen and oxygen atoms in total. The number of rotatable bonds is 7. The van der Waals surface area contributed by atoms with Crippen molar-refractivity contribution in [1.82, 2.24) is 9.55 Å². The standard InChI is InChI=1S/C24H26N4O5S/c1-16(22(30)25-17-7-9-18(10-8-17)27-11-13-33-14-12-27)34-24-26-20-6-4-3-5-19(20)23(31)28(24)15-21(29)32-2/h3-10,16H,11-15H2,1-2H3,(H,25,30). The van der Waals surface area contributed by atoms with Crippen LogP contribution in [0.15, 0.2) is 58.5 Å². The molecular formula is C24H26N4O5S. The van der Waals surface area contributed by atoms with E-state index in [9.17, 15) is 14.4 Å². The van der Waals surface area contributed by atoms with Gasteiger partial charge in [0.15, 0.2) is 5.16 Å². The van der Waals surface area contributed by atoms with Crippen LogP contribution < -0.4 is 15.8 Å². The van der Waals surface area contributed by atoms with Gasteiger partial charge in [0.1, 0.15) is 6.54 Å². The third-order valence-electron chi connectivity index (χ3n) is 5.50. The van der Waals surface area contributed by atoms with Crippen molar-refractivity contribution in [3.05, 3.63) is 58.9 Å². The van der Waals surface area contributed by atoms with Crippen LogP contribution in [0.5, 0.6) is 0 Å². The number of methoxy groups -OCH3 is 1. The molecule has 3 aromatic rings. The summed E-state index contributed by atoms with van der Waals surface area (Å²) in [6.45, 7) is 4.53. The summed E-state index contributed by atoms with van der Waals surface area (Å²) in [6.07, 6.45) is 0. The summed E-state index contributed by atoms with van der Waals surface area (Å²) in [5.41, 5.74) is 1.90. The van der Waals surface area contributed by atoms with Crippen molar-refractivity contribution in [2.24, 2.45) is 0 Å². The number of aromatic nitrogens is 2. The summed E-state index contributed by atoms with van der Waals surface area (Å²) in [5.74, 6) is -0.811. The number of carbonyl (C=O) groups is 2. The van der Waals surface area contributed by atoms with Crippen LogP contribution in [0.1, 0.15) is 6.92 Å². The molecule has 34 heavy (non-hydrogen) atoms. The van der Waals surface area contributed by atoms with Gasteiger partial charge in [0.05, 0.1) is 36.5 Å². The van der Waals surface area contributed by atoms with E-state index in [-0.39, 0.29) is 23.2 Å². The molecule has 0 aliphatic carbocycles. The lowest BCUT2D eigenvalue weighted by Crippen LogP contribution is -2.36. The number of morpholine rings is 1. The number of fused-ring (bicyclic) bond motifs is 1. The zero-order valence-corrected chi connectivity index (χ0v) is 19.8. The van der Waals surface area contributed by atoms with E-state index in [0.29, 0.717) is 29.8 Å². The van der Waals surface area contributed by atoms with Gasteiger partial charge < -0.3 is 19.7 Å². The number of nitrogens with zero attached hydrogens (tertiary/aromatic N) is 3.